The molecule has 0 saturated heterocycles. The lowest BCUT2D eigenvalue weighted by atomic mass is 10.2. The summed E-state index contributed by atoms with van der Waals surface area (Å²) in [7, 11) is 0. The van der Waals surface area contributed by atoms with Gasteiger partial charge in [0.05, 0.1) is 0 Å². The topological polar surface area (TPSA) is 26.0 Å². The Morgan fingerprint density at radius 1 is 1.19 bits per heavy atom. The number of hydrogen-bond donors (Lipinski definition) is 1. The lowest BCUT2D eigenvalue weighted by molar-refractivity contribution is 0.838. The van der Waals surface area contributed by atoms with Crippen molar-refractivity contribution in [2.24, 2.45) is 5.73 Å². The molecule has 0 aliphatic heterocycles. The minimum Gasteiger partial charge on any atom is -0.324 e. The van der Waals surface area contributed by atoms with E-state index in [0.29, 0.717) is 0 Å². The van der Waals surface area contributed by atoms with E-state index in [9.17, 15) is 0 Å². The second-order valence-corrected chi connectivity index (χ2v) is 6.50. The summed E-state index contributed by atoms with van der Waals surface area (Å²) in [6.07, 6.45) is 0. The van der Waals surface area contributed by atoms with E-state index in [2.05, 4.69) is 50.1 Å². The van der Waals surface area contributed by atoms with Gasteiger partial charge in [0.15, 0.2) is 0 Å². The fraction of sp³-hybridized carbons (Fsp3) is 0.167. The molecule has 4 heteroatoms. The molecule has 2 rings (SSSR count). The monoisotopic (exact) mass is 359 g/mol. The van der Waals surface area contributed by atoms with E-state index >= 15 is 0 Å². The molecule has 2 N–H and O–H groups in total. The van der Waals surface area contributed by atoms with Gasteiger partial charge in [0, 0.05) is 30.3 Å². The minimum atomic E-state index is 0.102. The summed E-state index contributed by atoms with van der Waals surface area (Å²) in [6, 6.07) is 10.5. The van der Waals surface area contributed by atoms with Gasteiger partial charge in [-0.15, -0.1) is 11.3 Å². The summed E-state index contributed by atoms with van der Waals surface area (Å²) >= 11 is 8.80. The first-order chi connectivity index (χ1) is 7.58. The van der Waals surface area contributed by atoms with Crippen LogP contribution in [0, 0.1) is 0 Å². The van der Waals surface area contributed by atoms with Crippen molar-refractivity contribution in [2.45, 2.75) is 13.0 Å². The number of thiophene rings is 1. The number of benzene rings is 1. The number of nitrogens with two attached hydrogens (primary N) is 1. The van der Waals surface area contributed by atoms with E-state index in [0.717, 1.165) is 8.95 Å². The number of rotatable bonds is 2. The van der Waals surface area contributed by atoms with Crippen molar-refractivity contribution in [2.75, 3.05) is 0 Å². The Bertz CT molecular complexity index is 505. The Hall–Kier alpha value is -0.160. The first-order valence-corrected chi connectivity index (χ1v) is 7.29. The van der Waals surface area contributed by atoms with Gasteiger partial charge in [0.25, 0.3) is 0 Å². The molecule has 0 radical (unpaired) electrons. The van der Waals surface area contributed by atoms with Gasteiger partial charge >= 0.3 is 0 Å². The molecule has 84 valence electrons. The molecule has 2 aromatic rings. The predicted octanol–water partition coefficient (Wildman–Crippen LogP) is 4.96. The van der Waals surface area contributed by atoms with Crippen LogP contribution in [0.1, 0.15) is 17.8 Å². The molecule has 1 heterocycles. The maximum absolute atomic E-state index is 5.86. The minimum absolute atomic E-state index is 0.102. The molecular formula is C12H11Br2NS. The normalized spacial score (nSPS) is 12.8. The summed E-state index contributed by atoms with van der Waals surface area (Å²) in [4.78, 5) is 2.45. The first kappa shape index (κ1) is 12.3. The summed E-state index contributed by atoms with van der Waals surface area (Å²) in [5.41, 5.74) is 7.06. The molecule has 0 aliphatic rings. The third-order valence-electron chi connectivity index (χ3n) is 2.27. The molecule has 1 unspecified atom stereocenters. The molecule has 0 spiro atoms. The molecule has 0 saturated carbocycles. The lowest BCUT2D eigenvalue weighted by Gasteiger charge is -2.03. The Labute approximate surface area is 116 Å². The van der Waals surface area contributed by atoms with Crippen LogP contribution in [0.5, 0.6) is 0 Å². The molecule has 0 amide bonds. The van der Waals surface area contributed by atoms with Gasteiger partial charge in [-0.05, 0) is 37.3 Å². The van der Waals surface area contributed by atoms with E-state index in [1.807, 2.05) is 19.1 Å². The van der Waals surface area contributed by atoms with Crippen LogP contribution in [0.25, 0.3) is 10.4 Å². The van der Waals surface area contributed by atoms with Gasteiger partial charge in [0.2, 0.25) is 0 Å². The van der Waals surface area contributed by atoms with Crippen LogP contribution in [0.15, 0.2) is 39.3 Å². The van der Waals surface area contributed by atoms with Crippen LogP contribution >= 0.6 is 43.2 Å². The zero-order chi connectivity index (χ0) is 11.7. The average molecular weight is 361 g/mol. The second kappa shape index (κ2) is 5.00. The quantitative estimate of drug-likeness (QED) is 0.804. The first-order valence-electron chi connectivity index (χ1n) is 4.88. The molecule has 0 aliphatic carbocycles. The molecule has 1 atom stereocenters. The average Bonchev–Trinajstić information content (AvgIpc) is 2.70. The van der Waals surface area contributed by atoms with E-state index in [4.69, 9.17) is 5.73 Å². The van der Waals surface area contributed by atoms with Crippen molar-refractivity contribution in [1.82, 2.24) is 0 Å². The van der Waals surface area contributed by atoms with Crippen molar-refractivity contribution in [3.05, 3.63) is 44.2 Å². The van der Waals surface area contributed by atoms with Crippen molar-refractivity contribution in [3.8, 4) is 10.4 Å². The van der Waals surface area contributed by atoms with Crippen molar-refractivity contribution >= 4 is 43.2 Å². The van der Waals surface area contributed by atoms with Crippen molar-refractivity contribution in [3.63, 3.8) is 0 Å². The fourth-order valence-electron chi connectivity index (χ4n) is 1.43. The molecule has 0 bridgehead atoms. The zero-order valence-electron chi connectivity index (χ0n) is 8.71. The number of hydrogen-bond acceptors (Lipinski definition) is 2. The van der Waals surface area contributed by atoms with Gasteiger partial charge in [-0.2, -0.15) is 0 Å². The lowest BCUT2D eigenvalue weighted by Crippen LogP contribution is -2.01. The van der Waals surface area contributed by atoms with Crippen LogP contribution in [0.4, 0.5) is 0 Å². The van der Waals surface area contributed by atoms with Crippen molar-refractivity contribution < 1.29 is 0 Å². The van der Waals surface area contributed by atoms with Crippen molar-refractivity contribution in [1.29, 1.82) is 0 Å². The molecule has 0 fully saturated rings. The summed E-state index contributed by atoms with van der Waals surface area (Å²) in [5, 5.41) is 0. The highest BCUT2D eigenvalue weighted by molar-refractivity contribution is 9.11. The summed E-state index contributed by atoms with van der Waals surface area (Å²) < 4.78 is 2.19. The molecule has 1 aromatic heterocycles. The van der Waals surface area contributed by atoms with E-state index < -0.39 is 0 Å². The summed E-state index contributed by atoms with van der Waals surface area (Å²) in [6.45, 7) is 2.01. The van der Waals surface area contributed by atoms with Gasteiger partial charge < -0.3 is 5.73 Å². The fourth-order valence-corrected chi connectivity index (χ4v) is 3.37. The zero-order valence-corrected chi connectivity index (χ0v) is 12.7. The van der Waals surface area contributed by atoms with Gasteiger partial charge in [-0.3, -0.25) is 0 Å². The smallest absolute Gasteiger partial charge is 0.0361 e. The molecule has 16 heavy (non-hydrogen) atoms. The third kappa shape index (κ3) is 2.56. The van der Waals surface area contributed by atoms with Crippen LogP contribution < -0.4 is 5.73 Å². The highest BCUT2D eigenvalue weighted by Crippen LogP contribution is 2.36. The second-order valence-electron chi connectivity index (χ2n) is 3.61. The Morgan fingerprint density at radius 2 is 1.94 bits per heavy atom. The maximum atomic E-state index is 5.86. The standard InChI is InChI=1S/C12H11Br2NS/c1-7(15)11-4-5-12(16-11)9-6-8(13)2-3-10(9)14/h2-7H,15H2,1H3. The van der Waals surface area contributed by atoms with Crippen LogP contribution in [0.3, 0.4) is 0 Å². The van der Waals surface area contributed by atoms with Gasteiger partial charge in [0.1, 0.15) is 0 Å². The Morgan fingerprint density at radius 3 is 2.56 bits per heavy atom. The number of halogens is 2. The van der Waals surface area contributed by atoms with E-state index in [1.165, 1.54) is 15.3 Å². The van der Waals surface area contributed by atoms with Crippen LogP contribution in [-0.4, -0.2) is 0 Å². The largest absolute Gasteiger partial charge is 0.324 e. The van der Waals surface area contributed by atoms with Gasteiger partial charge in [-0.1, -0.05) is 31.9 Å². The Kier molecular flexibility index (Phi) is 3.85. The Balaban J connectivity index is 2.46. The van der Waals surface area contributed by atoms with Crippen LogP contribution in [0.2, 0.25) is 0 Å². The predicted molar refractivity (Wildman–Crippen MR) is 77.8 cm³/mol. The van der Waals surface area contributed by atoms with E-state index in [1.54, 1.807) is 11.3 Å². The van der Waals surface area contributed by atoms with Gasteiger partial charge in [-0.25, -0.2) is 0 Å². The highest BCUT2D eigenvalue weighted by Gasteiger charge is 2.09. The van der Waals surface area contributed by atoms with Crippen LogP contribution in [-0.2, 0) is 0 Å². The SMILES string of the molecule is CC(N)c1ccc(-c2cc(Br)ccc2Br)s1. The molecule has 1 aromatic carbocycles. The molecular weight excluding hydrogens is 350 g/mol. The summed E-state index contributed by atoms with van der Waals surface area (Å²) in [5.74, 6) is 0. The maximum Gasteiger partial charge on any atom is 0.0361 e. The highest BCUT2D eigenvalue weighted by atomic mass is 79.9. The van der Waals surface area contributed by atoms with E-state index in [-0.39, 0.29) is 6.04 Å². The molecule has 1 nitrogen and oxygen atoms in total. The third-order valence-corrected chi connectivity index (χ3v) is 4.77.